The molecule has 0 bridgehead atoms. The van der Waals surface area contributed by atoms with Crippen LogP contribution in [-0.4, -0.2) is 17.7 Å². The molecule has 0 saturated heterocycles. The van der Waals surface area contributed by atoms with Crippen LogP contribution in [0, 0.1) is 11.8 Å². The third-order valence-corrected chi connectivity index (χ3v) is 4.81. The Morgan fingerprint density at radius 2 is 2.00 bits per heavy atom. The topological polar surface area (TPSA) is 32.3 Å². The summed E-state index contributed by atoms with van der Waals surface area (Å²) in [5.41, 5.74) is 0.814. The van der Waals surface area contributed by atoms with Crippen molar-refractivity contribution in [1.29, 1.82) is 0 Å². The molecule has 0 radical (unpaired) electrons. The molecule has 1 saturated carbocycles. The molecule has 2 rings (SSSR count). The van der Waals surface area contributed by atoms with Gasteiger partial charge in [0.2, 0.25) is 0 Å². The lowest BCUT2D eigenvalue weighted by atomic mass is 9.79. The van der Waals surface area contributed by atoms with Gasteiger partial charge >= 0.3 is 0 Å². The van der Waals surface area contributed by atoms with E-state index < -0.39 is 6.10 Å². The molecule has 1 aliphatic rings. The predicted molar refractivity (Wildman–Crippen MR) is 80.4 cm³/mol. The average Bonchev–Trinajstić information content (AvgIpc) is 2.40. The van der Waals surface area contributed by atoms with Gasteiger partial charge in [0.1, 0.15) is 0 Å². The molecule has 3 heteroatoms. The van der Waals surface area contributed by atoms with Gasteiger partial charge in [-0.2, -0.15) is 0 Å². The number of aliphatic hydroxyl groups excluding tert-OH is 1. The van der Waals surface area contributed by atoms with Gasteiger partial charge in [-0.1, -0.05) is 43.6 Å². The van der Waals surface area contributed by atoms with E-state index in [2.05, 4.69) is 19.2 Å². The molecule has 0 aliphatic heterocycles. The third-order valence-electron chi connectivity index (χ3n) is 4.46. The van der Waals surface area contributed by atoms with Crippen molar-refractivity contribution in [1.82, 2.24) is 5.32 Å². The molecule has 1 aliphatic carbocycles. The highest BCUT2D eigenvalue weighted by Gasteiger charge is 2.24. The molecule has 106 valence electrons. The van der Waals surface area contributed by atoms with Gasteiger partial charge in [-0.15, -0.1) is 0 Å². The summed E-state index contributed by atoms with van der Waals surface area (Å²) in [5, 5.41) is 14.3. The summed E-state index contributed by atoms with van der Waals surface area (Å²) in [6, 6.07) is 8.04. The lowest BCUT2D eigenvalue weighted by Crippen LogP contribution is -2.38. The summed E-state index contributed by atoms with van der Waals surface area (Å²) >= 11 is 6.10. The van der Waals surface area contributed by atoms with Crippen LogP contribution in [-0.2, 0) is 0 Å². The fourth-order valence-electron chi connectivity index (χ4n) is 2.87. The van der Waals surface area contributed by atoms with Gasteiger partial charge < -0.3 is 10.4 Å². The minimum absolute atomic E-state index is 0.525. The summed E-state index contributed by atoms with van der Waals surface area (Å²) in [6.07, 6.45) is 3.17. The van der Waals surface area contributed by atoms with Gasteiger partial charge in [0.15, 0.2) is 0 Å². The Labute approximate surface area is 121 Å². The number of rotatable bonds is 4. The van der Waals surface area contributed by atoms with Crippen LogP contribution in [0.1, 0.15) is 44.8 Å². The summed E-state index contributed by atoms with van der Waals surface area (Å²) in [7, 11) is 0. The van der Waals surface area contributed by atoms with Crippen molar-refractivity contribution in [3.63, 3.8) is 0 Å². The molecule has 2 nitrogen and oxygen atoms in total. The SMILES string of the molecule is CC1CCC(NCC(O)c2ccccc2Cl)CC1C. The molecule has 0 spiro atoms. The lowest BCUT2D eigenvalue weighted by molar-refractivity contribution is 0.154. The van der Waals surface area contributed by atoms with Crippen molar-refractivity contribution in [2.45, 2.75) is 45.3 Å². The Morgan fingerprint density at radius 1 is 1.26 bits per heavy atom. The van der Waals surface area contributed by atoms with Gasteiger partial charge in [0.25, 0.3) is 0 Å². The van der Waals surface area contributed by atoms with E-state index in [0.29, 0.717) is 17.6 Å². The van der Waals surface area contributed by atoms with Crippen molar-refractivity contribution in [3.05, 3.63) is 34.9 Å². The quantitative estimate of drug-likeness (QED) is 0.880. The van der Waals surface area contributed by atoms with E-state index in [1.807, 2.05) is 24.3 Å². The van der Waals surface area contributed by atoms with Crippen molar-refractivity contribution < 1.29 is 5.11 Å². The molecule has 0 amide bonds. The first-order chi connectivity index (χ1) is 9.08. The number of aliphatic hydroxyl groups is 1. The highest BCUT2D eigenvalue weighted by atomic mass is 35.5. The second-order valence-electron chi connectivity index (χ2n) is 5.91. The van der Waals surface area contributed by atoms with Gasteiger partial charge in [0, 0.05) is 23.2 Å². The van der Waals surface area contributed by atoms with Crippen molar-refractivity contribution in [3.8, 4) is 0 Å². The minimum atomic E-state index is -0.525. The first-order valence-corrected chi connectivity index (χ1v) is 7.61. The van der Waals surface area contributed by atoms with Gasteiger partial charge in [0.05, 0.1) is 6.10 Å². The van der Waals surface area contributed by atoms with Crippen molar-refractivity contribution in [2.24, 2.45) is 11.8 Å². The van der Waals surface area contributed by atoms with Crippen LogP contribution in [0.4, 0.5) is 0 Å². The Balaban J connectivity index is 1.84. The third kappa shape index (κ3) is 3.95. The zero-order valence-electron chi connectivity index (χ0n) is 11.8. The fourth-order valence-corrected chi connectivity index (χ4v) is 3.13. The van der Waals surface area contributed by atoms with E-state index in [-0.39, 0.29) is 0 Å². The second-order valence-corrected chi connectivity index (χ2v) is 6.32. The van der Waals surface area contributed by atoms with E-state index in [9.17, 15) is 5.11 Å². The fraction of sp³-hybridized carbons (Fsp3) is 0.625. The molecule has 2 N–H and O–H groups in total. The first kappa shape index (κ1) is 14.8. The maximum Gasteiger partial charge on any atom is 0.0928 e. The highest BCUT2D eigenvalue weighted by Crippen LogP contribution is 2.29. The second kappa shape index (κ2) is 6.74. The maximum atomic E-state index is 10.2. The summed E-state index contributed by atoms with van der Waals surface area (Å²) in [6.45, 7) is 5.23. The lowest BCUT2D eigenvalue weighted by Gasteiger charge is -2.33. The average molecular weight is 282 g/mol. The summed E-state index contributed by atoms with van der Waals surface area (Å²) in [4.78, 5) is 0. The number of halogens is 1. The summed E-state index contributed by atoms with van der Waals surface area (Å²) < 4.78 is 0. The molecule has 19 heavy (non-hydrogen) atoms. The molecule has 0 aromatic heterocycles. The van der Waals surface area contributed by atoms with Gasteiger partial charge in [-0.3, -0.25) is 0 Å². The number of hydrogen-bond donors (Lipinski definition) is 2. The monoisotopic (exact) mass is 281 g/mol. The Morgan fingerprint density at radius 3 is 2.68 bits per heavy atom. The number of benzene rings is 1. The van der Waals surface area contributed by atoms with Crippen LogP contribution >= 0.6 is 11.6 Å². The molecular weight excluding hydrogens is 258 g/mol. The van der Waals surface area contributed by atoms with E-state index in [4.69, 9.17) is 11.6 Å². The van der Waals surface area contributed by atoms with Crippen molar-refractivity contribution in [2.75, 3.05) is 6.54 Å². The van der Waals surface area contributed by atoms with E-state index in [0.717, 1.165) is 17.4 Å². The van der Waals surface area contributed by atoms with E-state index in [1.54, 1.807) is 0 Å². The standard InChI is InChI=1S/C16H24ClNO/c1-11-7-8-13(9-12(11)2)18-10-16(19)14-5-3-4-6-15(14)17/h3-6,11-13,16,18-19H,7-10H2,1-2H3. The largest absolute Gasteiger partial charge is 0.387 e. The minimum Gasteiger partial charge on any atom is -0.387 e. The van der Waals surface area contributed by atoms with Crippen LogP contribution in [0.5, 0.6) is 0 Å². The Bertz CT molecular complexity index is 409. The first-order valence-electron chi connectivity index (χ1n) is 7.23. The van der Waals surface area contributed by atoms with Crippen LogP contribution in [0.15, 0.2) is 24.3 Å². The van der Waals surface area contributed by atoms with E-state index >= 15 is 0 Å². The zero-order valence-corrected chi connectivity index (χ0v) is 12.5. The molecular formula is C16H24ClNO. The van der Waals surface area contributed by atoms with Crippen LogP contribution in [0.3, 0.4) is 0 Å². The maximum absolute atomic E-state index is 10.2. The Kier molecular flexibility index (Phi) is 5.26. The normalized spacial score (nSPS) is 29.2. The van der Waals surface area contributed by atoms with E-state index in [1.165, 1.54) is 19.3 Å². The smallest absolute Gasteiger partial charge is 0.0928 e. The van der Waals surface area contributed by atoms with Crippen LogP contribution < -0.4 is 5.32 Å². The molecule has 1 aromatic rings. The molecule has 1 aromatic carbocycles. The number of hydrogen-bond acceptors (Lipinski definition) is 2. The van der Waals surface area contributed by atoms with Crippen LogP contribution in [0.2, 0.25) is 5.02 Å². The van der Waals surface area contributed by atoms with Crippen LogP contribution in [0.25, 0.3) is 0 Å². The predicted octanol–water partition coefficient (Wildman–Crippen LogP) is 3.79. The zero-order chi connectivity index (χ0) is 13.8. The highest BCUT2D eigenvalue weighted by molar-refractivity contribution is 6.31. The molecule has 4 atom stereocenters. The van der Waals surface area contributed by atoms with Gasteiger partial charge in [-0.25, -0.2) is 0 Å². The Hall–Kier alpha value is -0.570. The number of nitrogens with one attached hydrogen (secondary N) is 1. The molecule has 4 unspecified atom stereocenters. The summed E-state index contributed by atoms with van der Waals surface area (Å²) in [5.74, 6) is 1.59. The molecule has 1 fully saturated rings. The molecule has 0 heterocycles. The van der Waals surface area contributed by atoms with Crippen molar-refractivity contribution >= 4 is 11.6 Å². The van der Waals surface area contributed by atoms with Gasteiger partial charge in [-0.05, 0) is 37.2 Å².